The number of hydrogen-bond acceptors (Lipinski definition) is 3. The summed E-state index contributed by atoms with van der Waals surface area (Å²) in [5.41, 5.74) is 0. The molecule has 0 aromatic carbocycles. The Kier molecular flexibility index (Phi) is 4.15. The van der Waals surface area contributed by atoms with Crippen LogP contribution in [0.3, 0.4) is 0 Å². The van der Waals surface area contributed by atoms with Crippen LogP contribution in [0.15, 0.2) is 0 Å². The molecule has 1 heterocycles. The van der Waals surface area contributed by atoms with Crippen molar-refractivity contribution < 1.29 is 9.53 Å². The van der Waals surface area contributed by atoms with E-state index in [-0.39, 0.29) is 0 Å². The quantitative estimate of drug-likeness (QED) is 0.692. The van der Waals surface area contributed by atoms with Crippen LogP contribution in [0.5, 0.6) is 0 Å². The minimum absolute atomic E-state index is 0.317. The van der Waals surface area contributed by atoms with Gasteiger partial charge in [0.25, 0.3) is 0 Å². The standard InChI is InChI=1S/C12H21NO2/c14-12-5-2-1-4-11(12)10-13-6-3-8-15-9-7-13/h11H,1-10H2. The summed E-state index contributed by atoms with van der Waals surface area (Å²) >= 11 is 0. The Hall–Kier alpha value is -0.410. The lowest BCUT2D eigenvalue weighted by molar-refractivity contribution is -0.125. The van der Waals surface area contributed by atoms with E-state index in [1.807, 2.05) is 0 Å². The molecular formula is C12H21NO2. The predicted molar refractivity (Wildman–Crippen MR) is 58.8 cm³/mol. The van der Waals surface area contributed by atoms with Gasteiger partial charge >= 0.3 is 0 Å². The van der Waals surface area contributed by atoms with Crippen LogP contribution in [0.1, 0.15) is 32.1 Å². The van der Waals surface area contributed by atoms with Crippen LogP contribution in [0.4, 0.5) is 0 Å². The maximum atomic E-state index is 11.7. The van der Waals surface area contributed by atoms with Gasteiger partial charge in [0.1, 0.15) is 5.78 Å². The Bertz CT molecular complexity index is 210. The molecule has 2 rings (SSSR count). The van der Waals surface area contributed by atoms with E-state index in [9.17, 15) is 4.79 Å². The van der Waals surface area contributed by atoms with Gasteiger partial charge < -0.3 is 9.64 Å². The van der Waals surface area contributed by atoms with Crippen molar-refractivity contribution in [2.24, 2.45) is 5.92 Å². The van der Waals surface area contributed by atoms with Crippen molar-refractivity contribution in [1.82, 2.24) is 4.90 Å². The second-order valence-corrected chi connectivity index (χ2v) is 4.68. The van der Waals surface area contributed by atoms with E-state index in [0.29, 0.717) is 11.7 Å². The van der Waals surface area contributed by atoms with Crippen molar-refractivity contribution in [3.8, 4) is 0 Å². The Balaban J connectivity index is 1.80. The van der Waals surface area contributed by atoms with Gasteiger partial charge in [-0.2, -0.15) is 0 Å². The summed E-state index contributed by atoms with van der Waals surface area (Å²) in [6.07, 6.45) is 5.38. The molecule has 0 spiro atoms. The maximum Gasteiger partial charge on any atom is 0.137 e. The first-order valence-electron chi connectivity index (χ1n) is 6.19. The summed E-state index contributed by atoms with van der Waals surface area (Å²) < 4.78 is 5.41. The molecule has 1 saturated carbocycles. The largest absolute Gasteiger partial charge is 0.380 e. The number of hydrogen-bond donors (Lipinski definition) is 0. The number of ketones is 1. The Labute approximate surface area is 91.8 Å². The summed E-state index contributed by atoms with van der Waals surface area (Å²) in [7, 11) is 0. The second kappa shape index (κ2) is 5.61. The van der Waals surface area contributed by atoms with Crippen LogP contribution in [-0.4, -0.2) is 43.5 Å². The third kappa shape index (κ3) is 3.28. The number of ether oxygens (including phenoxy) is 1. The van der Waals surface area contributed by atoms with Gasteiger partial charge in [0.05, 0.1) is 6.61 Å². The number of carbonyl (C=O) groups is 1. The third-order valence-electron chi connectivity index (χ3n) is 3.47. The number of carbonyl (C=O) groups excluding carboxylic acids is 1. The molecule has 0 N–H and O–H groups in total. The molecule has 0 bridgehead atoms. The van der Waals surface area contributed by atoms with E-state index in [0.717, 1.165) is 58.5 Å². The molecule has 1 aliphatic heterocycles. The highest BCUT2D eigenvalue weighted by Gasteiger charge is 2.24. The Morgan fingerprint density at radius 2 is 2.13 bits per heavy atom. The smallest absolute Gasteiger partial charge is 0.137 e. The van der Waals surface area contributed by atoms with Crippen molar-refractivity contribution in [3.63, 3.8) is 0 Å². The fourth-order valence-corrected chi connectivity index (χ4v) is 2.54. The maximum absolute atomic E-state index is 11.7. The zero-order valence-electron chi connectivity index (χ0n) is 9.41. The van der Waals surface area contributed by atoms with Crippen molar-refractivity contribution >= 4 is 5.78 Å². The number of nitrogens with zero attached hydrogens (tertiary/aromatic N) is 1. The van der Waals surface area contributed by atoms with Crippen LogP contribution in [0.2, 0.25) is 0 Å². The summed E-state index contributed by atoms with van der Waals surface area (Å²) in [6.45, 7) is 4.80. The number of Topliss-reactive ketones (excluding diaryl/α,β-unsaturated/α-hetero) is 1. The topological polar surface area (TPSA) is 29.5 Å². The normalized spacial score (nSPS) is 30.1. The predicted octanol–water partition coefficient (Wildman–Crippen LogP) is 1.47. The summed E-state index contributed by atoms with van der Waals surface area (Å²) in [4.78, 5) is 14.1. The molecule has 15 heavy (non-hydrogen) atoms. The van der Waals surface area contributed by atoms with Crippen LogP contribution in [0, 0.1) is 5.92 Å². The fourth-order valence-electron chi connectivity index (χ4n) is 2.54. The van der Waals surface area contributed by atoms with E-state index in [1.165, 1.54) is 6.42 Å². The van der Waals surface area contributed by atoms with Crippen LogP contribution >= 0.6 is 0 Å². The van der Waals surface area contributed by atoms with Gasteiger partial charge in [-0.25, -0.2) is 0 Å². The summed E-state index contributed by atoms with van der Waals surface area (Å²) in [5, 5.41) is 0. The van der Waals surface area contributed by atoms with E-state index in [4.69, 9.17) is 4.74 Å². The lowest BCUT2D eigenvalue weighted by Crippen LogP contribution is -2.36. The first-order chi connectivity index (χ1) is 7.36. The van der Waals surface area contributed by atoms with Gasteiger partial charge in [-0.15, -0.1) is 0 Å². The Morgan fingerprint density at radius 1 is 1.20 bits per heavy atom. The van der Waals surface area contributed by atoms with E-state index < -0.39 is 0 Å². The van der Waals surface area contributed by atoms with Gasteiger partial charge in [0.15, 0.2) is 0 Å². The lowest BCUT2D eigenvalue weighted by Gasteiger charge is -2.27. The molecule has 3 nitrogen and oxygen atoms in total. The third-order valence-corrected chi connectivity index (χ3v) is 3.47. The molecule has 0 aromatic heterocycles. The van der Waals surface area contributed by atoms with Crippen molar-refractivity contribution in [2.75, 3.05) is 32.8 Å². The molecular weight excluding hydrogens is 190 g/mol. The molecule has 86 valence electrons. The average molecular weight is 211 g/mol. The van der Waals surface area contributed by atoms with Gasteiger partial charge in [-0.3, -0.25) is 4.79 Å². The molecule has 0 radical (unpaired) electrons. The van der Waals surface area contributed by atoms with Crippen LogP contribution in [-0.2, 0) is 9.53 Å². The molecule has 1 saturated heterocycles. The lowest BCUT2D eigenvalue weighted by atomic mass is 9.87. The average Bonchev–Trinajstić information content (AvgIpc) is 2.50. The fraction of sp³-hybridized carbons (Fsp3) is 0.917. The minimum atomic E-state index is 0.317. The van der Waals surface area contributed by atoms with Gasteiger partial charge in [0, 0.05) is 38.6 Å². The van der Waals surface area contributed by atoms with Gasteiger partial charge in [0.2, 0.25) is 0 Å². The molecule has 0 amide bonds. The summed E-state index contributed by atoms with van der Waals surface area (Å²) in [5.74, 6) is 0.809. The SMILES string of the molecule is O=C1CCCCC1CN1CCCOCC1. The van der Waals surface area contributed by atoms with E-state index >= 15 is 0 Å². The zero-order chi connectivity index (χ0) is 10.5. The second-order valence-electron chi connectivity index (χ2n) is 4.68. The summed E-state index contributed by atoms with van der Waals surface area (Å²) in [6, 6.07) is 0. The highest BCUT2D eigenvalue weighted by atomic mass is 16.5. The molecule has 1 atom stereocenters. The van der Waals surface area contributed by atoms with Crippen molar-refractivity contribution in [1.29, 1.82) is 0 Å². The molecule has 2 fully saturated rings. The van der Waals surface area contributed by atoms with Crippen LogP contribution < -0.4 is 0 Å². The first kappa shape index (κ1) is 11.1. The minimum Gasteiger partial charge on any atom is -0.380 e. The highest BCUT2D eigenvalue weighted by Crippen LogP contribution is 2.21. The van der Waals surface area contributed by atoms with E-state index in [2.05, 4.69) is 4.90 Å². The van der Waals surface area contributed by atoms with Crippen LogP contribution in [0.25, 0.3) is 0 Å². The Morgan fingerprint density at radius 3 is 3.00 bits per heavy atom. The zero-order valence-corrected chi connectivity index (χ0v) is 9.41. The number of rotatable bonds is 2. The highest BCUT2D eigenvalue weighted by molar-refractivity contribution is 5.81. The molecule has 1 unspecified atom stereocenters. The molecule has 3 heteroatoms. The molecule has 0 aromatic rings. The van der Waals surface area contributed by atoms with Gasteiger partial charge in [-0.05, 0) is 19.3 Å². The molecule has 2 aliphatic rings. The van der Waals surface area contributed by atoms with E-state index in [1.54, 1.807) is 0 Å². The monoisotopic (exact) mass is 211 g/mol. The van der Waals surface area contributed by atoms with Gasteiger partial charge in [-0.1, -0.05) is 6.42 Å². The van der Waals surface area contributed by atoms with Crippen molar-refractivity contribution in [3.05, 3.63) is 0 Å². The first-order valence-corrected chi connectivity index (χ1v) is 6.19. The molecule has 1 aliphatic carbocycles. The van der Waals surface area contributed by atoms with Crippen molar-refractivity contribution in [2.45, 2.75) is 32.1 Å².